The lowest BCUT2D eigenvalue weighted by atomic mass is 10.1. The molecule has 0 saturated heterocycles. The normalized spacial score (nSPS) is 13.4. The smallest absolute Gasteiger partial charge is 0.147 e. The Morgan fingerprint density at radius 1 is 1.44 bits per heavy atom. The van der Waals surface area contributed by atoms with Crippen LogP contribution in [0.25, 0.3) is 0 Å². The van der Waals surface area contributed by atoms with Crippen molar-refractivity contribution in [3.05, 3.63) is 30.1 Å². The van der Waals surface area contributed by atoms with Crippen molar-refractivity contribution in [2.75, 3.05) is 18.6 Å². The van der Waals surface area contributed by atoms with E-state index in [1.807, 2.05) is 18.3 Å². The molecule has 0 aromatic carbocycles. The third kappa shape index (κ3) is 6.71. The molecule has 0 spiro atoms. The van der Waals surface area contributed by atoms with Gasteiger partial charge < -0.3 is 5.32 Å². The number of nitrogens with zero attached hydrogens (tertiary/aromatic N) is 1. The summed E-state index contributed by atoms with van der Waals surface area (Å²) in [6.45, 7) is 3.01. The quantitative estimate of drug-likeness (QED) is 0.776. The van der Waals surface area contributed by atoms with Crippen LogP contribution in [0.3, 0.4) is 0 Å². The van der Waals surface area contributed by atoms with E-state index in [0.717, 1.165) is 24.9 Å². The SMILES string of the molecule is CCCNC(CCS(C)(=O)=O)Cc1cccnc1. The molecule has 1 heterocycles. The minimum Gasteiger partial charge on any atom is -0.314 e. The molecule has 0 fully saturated rings. The summed E-state index contributed by atoms with van der Waals surface area (Å²) in [7, 11) is -2.89. The average molecular weight is 270 g/mol. The zero-order chi connectivity index (χ0) is 13.4. The summed E-state index contributed by atoms with van der Waals surface area (Å²) in [5.41, 5.74) is 1.14. The summed E-state index contributed by atoms with van der Waals surface area (Å²) < 4.78 is 22.4. The van der Waals surface area contributed by atoms with E-state index in [0.29, 0.717) is 6.42 Å². The van der Waals surface area contributed by atoms with Gasteiger partial charge in [0.2, 0.25) is 0 Å². The number of rotatable bonds is 8. The molecule has 5 heteroatoms. The Hall–Kier alpha value is -0.940. The highest BCUT2D eigenvalue weighted by molar-refractivity contribution is 7.90. The summed E-state index contributed by atoms with van der Waals surface area (Å²) in [6.07, 6.45) is 7.38. The lowest BCUT2D eigenvalue weighted by Crippen LogP contribution is -2.33. The predicted molar refractivity (Wildman–Crippen MR) is 74.4 cm³/mol. The number of pyridine rings is 1. The standard InChI is InChI=1S/C13H22N2O2S/c1-3-7-15-13(6-9-18(2,16)17)10-12-5-4-8-14-11-12/h4-5,8,11,13,15H,3,6-7,9-10H2,1-2H3. The van der Waals surface area contributed by atoms with Crippen molar-refractivity contribution >= 4 is 9.84 Å². The molecule has 1 N–H and O–H groups in total. The van der Waals surface area contributed by atoms with Crippen LogP contribution < -0.4 is 5.32 Å². The Balaban J connectivity index is 2.55. The van der Waals surface area contributed by atoms with Gasteiger partial charge in [-0.1, -0.05) is 13.0 Å². The molecule has 0 bridgehead atoms. The molecule has 1 aromatic heterocycles. The molecule has 1 atom stereocenters. The van der Waals surface area contributed by atoms with Crippen LogP contribution in [0, 0.1) is 0 Å². The van der Waals surface area contributed by atoms with Crippen LogP contribution in [0.2, 0.25) is 0 Å². The fourth-order valence-electron chi connectivity index (χ4n) is 1.78. The molecular formula is C13H22N2O2S. The number of aromatic nitrogens is 1. The monoisotopic (exact) mass is 270 g/mol. The van der Waals surface area contributed by atoms with Gasteiger partial charge in [-0.15, -0.1) is 0 Å². The zero-order valence-corrected chi connectivity index (χ0v) is 11.9. The first-order valence-electron chi connectivity index (χ1n) is 6.31. The maximum absolute atomic E-state index is 11.2. The molecule has 1 unspecified atom stereocenters. The molecule has 18 heavy (non-hydrogen) atoms. The molecular weight excluding hydrogens is 248 g/mol. The van der Waals surface area contributed by atoms with Gasteiger partial charge in [-0.05, 0) is 37.4 Å². The Morgan fingerprint density at radius 3 is 2.78 bits per heavy atom. The fourth-order valence-corrected chi connectivity index (χ4v) is 2.50. The summed E-state index contributed by atoms with van der Waals surface area (Å²) in [5, 5.41) is 3.40. The van der Waals surface area contributed by atoms with Crippen molar-refractivity contribution in [1.82, 2.24) is 10.3 Å². The largest absolute Gasteiger partial charge is 0.314 e. The number of hydrogen-bond acceptors (Lipinski definition) is 4. The topological polar surface area (TPSA) is 59.1 Å². The second kappa shape index (κ2) is 7.48. The third-order valence-electron chi connectivity index (χ3n) is 2.73. The van der Waals surface area contributed by atoms with Crippen LogP contribution in [0.15, 0.2) is 24.5 Å². The second-order valence-electron chi connectivity index (χ2n) is 4.63. The van der Waals surface area contributed by atoms with Gasteiger partial charge in [0.1, 0.15) is 9.84 Å². The van der Waals surface area contributed by atoms with Crippen molar-refractivity contribution in [1.29, 1.82) is 0 Å². The maximum atomic E-state index is 11.2. The Bertz CT molecular complexity index is 432. The Labute approximate surface area is 110 Å². The Morgan fingerprint density at radius 2 is 2.22 bits per heavy atom. The molecule has 4 nitrogen and oxygen atoms in total. The lowest BCUT2D eigenvalue weighted by molar-refractivity contribution is 0.491. The summed E-state index contributed by atoms with van der Waals surface area (Å²) >= 11 is 0. The van der Waals surface area contributed by atoms with E-state index >= 15 is 0 Å². The van der Waals surface area contributed by atoms with E-state index in [-0.39, 0.29) is 11.8 Å². The van der Waals surface area contributed by atoms with Gasteiger partial charge in [0.05, 0.1) is 5.75 Å². The lowest BCUT2D eigenvalue weighted by Gasteiger charge is -2.18. The van der Waals surface area contributed by atoms with E-state index in [9.17, 15) is 8.42 Å². The molecule has 0 aliphatic carbocycles. The van der Waals surface area contributed by atoms with Crippen LogP contribution in [-0.2, 0) is 16.3 Å². The summed E-state index contributed by atoms with van der Waals surface area (Å²) in [5.74, 6) is 0.231. The van der Waals surface area contributed by atoms with Gasteiger partial charge in [-0.2, -0.15) is 0 Å². The van der Waals surface area contributed by atoms with Crippen molar-refractivity contribution < 1.29 is 8.42 Å². The number of hydrogen-bond donors (Lipinski definition) is 1. The Kier molecular flexibility index (Phi) is 6.29. The van der Waals surface area contributed by atoms with Crippen LogP contribution in [-0.4, -0.2) is 38.0 Å². The summed E-state index contributed by atoms with van der Waals surface area (Å²) in [6, 6.07) is 4.13. The van der Waals surface area contributed by atoms with E-state index in [4.69, 9.17) is 0 Å². The van der Waals surface area contributed by atoms with Crippen LogP contribution in [0.4, 0.5) is 0 Å². The predicted octanol–water partition coefficient (Wildman–Crippen LogP) is 1.43. The van der Waals surface area contributed by atoms with E-state index in [1.165, 1.54) is 6.26 Å². The highest BCUT2D eigenvalue weighted by Gasteiger charge is 2.12. The number of nitrogens with one attached hydrogen (secondary N) is 1. The molecule has 1 rings (SSSR count). The van der Waals surface area contributed by atoms with E-state index < -0.39 is 9.84 Å². The first-order chi connectivity index (χ1) is 8.51. The van der Waals surface area contributed by atoms with Gasteiger partial charge in [0, 0.05) is 24.7 Å². The fraction of sp³-hybridized carbons (Fsp3) is 0.615. The first kappa shape index (κ1) is 15.1. The molecule has 0 radical (unpaired) electrons. The molecule has 0 aliphatic rings. The van der Waals surface area contributed by atoms with Gasteiger partial charge in [-0.25, -0.2) is 8.42 Å². The second-order valence-corrected chi connectivity index (χ2v) is 6.89. The minimum atomic E-state index is -2.89. The van der Waals surface area contributed by atoms with Crippen molar-refractivity contribution in [3.8, 4) is 0 Å². The molecule has 0 amide bonds. The molecule has 1 aromatic rings. The molecule has 0 aliphatic heterocycles. The first-order valence-corrected chi connectivity index (χ1v) is 8.37. The highest BCUT2D eigenvalue weighted by Crippen LogP contribution is 2.06. The average Bonchev–Trinajstić information content (AvgIpc) is 2.33. The van der Waals surface area contributed by atoms with E-state index in [1.54, 1.807) is 6.20 Å². The molecule has 102 valence electrons. The van der Waals surface area contributed by atoms with Crippen LogP contribution >= 0.6 is 0 Å². The van der Waals surface area contributed by atoms with Crippen molar-refractivity contribution in [3.63, 3.8) is 0 Å². The van der Waals surface area contributed by atoms with Gasteiger partial charge in [0.15, 0.2) is 0 Å². The number of sulfone groups is 1. The highest BCUT2D eigenvalue weighted by atomic mass is 32.2. The van der Waals surface area contributed by atoms with Crippen molar-refractivity contribution in [2.24, 2.45) is 0 Å². The van der Waals surface area contributed by atoms with Gasteiger partial charge in [0.25, 0.3) is 0 Å². The van der Waals surface area contributed by atoms with Crippen LogP contribution in [0.5, 0.6) is 0 Å². The van der Waals surface area contributed by atoms with Crippen LogP contribution in [0.1, 0.15) is 25.3 Å². The van der Waals surface area contributed by atoms with E-state index in [2.05, 4.69) is 17.2 Å². The molecule has 0 saturated carbocycles. The van der Waals surface area contributed by atoms with Gasteiger partial charge in [-0.3, -0.25) is 4.98 Å². The van der Waals surface area contributed by atoms with Gasteiger partial charge >= 0.3 is 0 Å². The maximum Gasteiger partial charge on any atom is 0.147 e. The summed E-state index contributed by atoms with van der Waals surface area (Å²) in [4.78, 5) is 4.08. The minimum absolute atomic E-state index is 0.198. The zero-order valence-electron chi connectivity index (χ0n) is 11.1. The third-order valence-corrected chi connectivity index (χ3v) is 3.70. The van der Waals surface area contributed by atoms with Crippen molar-refractivity contribution in [2.45, 2.75) is 32.2 Å².